The van der Waals surface area contributed by atoms with Crippen molar-refractivity contribution in [1.82, 2.24) is 10.6 Å². The fraction of sp³-hybridized carbons (Fsp3) is 0.562. The lowest BCUT2D eigenvalue weighted by Crippen LogP contribution is -2.38. The SMILES string of the molecule is CC(C)C(O)CCNC(=O)NC1CCc2ccccc21. The second-order valence-corrected chi connectivity index (χ2v) is 5.79. The number of aliphatic hydroxyl groups excluding tert-OH is 1. The van der Waals surface area contributed by atoms with Crippen LogP contribution in [-0.2, 0) is 6.42 Å². The molecule has 2 atom stereocenters. The van der Waals surface area contributed by atoms with Gasteiger partial charge in [0.05, 0.1) is 12.1 Å². The van der Waals surface area contributed by atoms with E-state index in [0.29, 0.717) is 13.0 Å². The lowest BCUT2D eigenvalue weighted by atomic mass is 10.0. The predicted octanol–water partition coefficient (Wildman–Crippen LogP) is 2.38. The van der Waals surface area contributed by atoms with Crippen LogP contribution in [0.1, 0.15) is 43.9 Å². The highest BCUT2D eigenvalue weighted by Gasteiger charge is 2.23. The summed E-state index contributed by atoms with van der Waals surface area (Å²) in [7, 11) is 0. The van der Waals surface area contributed by atoms with Gasteiger partial charge in [0.15, 0.2) is 0 Å². The minimum Gasteiger partial charge on any atom is -0.393 e. The third-order valence-corrected chi connectivity index (χ3v) is 3.93. The van der Waals surface area contributed by atoms with E-state index in [-0.39, 0.29) is 24.1 Å². The lowest BCUT2D eigenvalue weighted by Gasteiger charge is -2.17. The number of rotatable bonds is 5. The molecule has 0 aromatic heterocycles. The Morgan fingerprint density at radius 3 is 2.90 bits per heavy atom. The average molecular weight is 276 g/mol. The Morgan fingerprint density at radius 2 is 2.15 bits per heavy atom. The van der Waals surface area contributed by atoms with Gasteiger partial charge >= 0.3 is 6.03 Å². The highest BCUT2D eigenvalue weighted by atomic mass is 16.3. The van der Waals surface area contributed by atoms with E-state index in [1.165, 1.54) is 11.1 Å². The van der Waals surface area contributed by atoms with E-state index in [2.05, 4.69) is 22.8 Å². The quantitative estimate of drug-likeness (QED) is 0.773. The number of amides is 2. The molecule has 2 amide bonds. The molecule has 0 fully saturated rings. The highest BCUT2D eigenvalue weighted by molar-refractivity contribution is 5.74. The summed E-state index contributed by atoms with van der Waals surface area (Å²) < 4.78 is 0. The maximum absolute atomic E-state index is 11.9. The van der Waals surface area contributed by atoms with E-state index in [4.69, 9.17) is 0 Å². The zero-order valence-corrected chi connectivity index (χ0v) is 12.2. The Morgan fingerprint density at radius 1 is 1.40 bits per heavy atom. The van der Waals surface area contributed by atoms with Gasteiger partial charge in [0.2, 0.25) is 0 Å². The maximum Gasteiger partial charge on any atom is 0.315 e. The summed E-state index contributed by atoms with van der Waals surface area (Å²) in [6, 6.07) is 8.21. The van der Waals surface area contributed by atoms with E-state index < -0.39 is 0 Å². The third kappa shape index (κ3) is 3.73. The third-order valence-electron chi connectivity index (χ3n) is 3.93. The van der Waals surface area contributed by atoms with Crippen LogP contribution in [0.25, 0.3) is 0 Å². The standard InChI is InChI=1S/C16H24N2O2/c1-11(2)15(19)9-10-17-16(20)18-14-8-7-12-5-3-4-6-13(12)14/h3-6,11,14-15,19H,7-10H2,1-2H3,(H2,17,18,20). The van der Waals surface area contributed by atoms with Gasteiger partial charge in [-0.05, 0) is 36.3 Å². The molecule has 1 aromatic carbocycles. The summed E-state index contributed by atoms with van der Waals surface area (Å²) in [5, 5.41) is 15.5. The van der Waals surface area contributed by atoms with Crippen LogP contribution in [-0.4, -0.2) is 23.8 Å². The summed E-state index contributed by atoms with van der Waals surface area (Å²) >= 11 is 0. The maximum atomic E-state index is 11.9. The first-order valence-corrected chi connectivity index (χ1v) is 7.38. The van der Waals surface area contributed by atoms with Crippen LogP contribution in [0.15, 0.2) is 24.3 Å². The molecule has 110 valence electrons. The van der Waals surface area contributed by atoms with Crippen molar-refractivity contribution in [2.24, 2.45) is 5.92 Å². The van der Waals surface area contributed by atoms with Gasteiger partial charge < -0.3 is 15.7 Å². The number of carbonyl (C=O) groups excluding carboxylic acids is 1. The van der Waals surface area contributed by atoms with Crippen LogP contribution in [0.3, 0.4) is 0 Å². The molecule has 2 unspecified atom stereocenters. The normalized spacial score (nSPS) is 18.7. The second-order valence-electron chi connectivity index (χ2n) is 5.79. The predicted molar refractivity (Wildman–Crippen MR) is 79.5 cm³/mol. The number of benzene rings is 1. The number of urea groups is 1. The molecule has 0 radical (unpaired) electrons. The molecule has 0 spiro atoms. The first-order valence-electron chi connectivity index (χ1n) is 7.38. The van der Waals surface area contributed by atoms with Crippen molar-refractivity contribution in [2.75, 3.05) is 6.54 Å². The van der Waals surface area contributed by atoms with Crippen LogP contribution in [0.2, 0.25) is 0 Å². The molecule has 3 N–H and O–H groups in total. The summed E-state index contributed by atoms with van der Waals surface area (Å²) in [6.45, 7) is 4.44. The Hall–Kier alpha value is -1.55. The van der Waals surface area contributed by atoms with E-state index in [1.807, 2.05) is 26.0 Å². The Kier molecular flexibility index (Phi) is 5.01. The Bertz CT molecular complexity index is 460. The van der Waals surface area contributed by atoms with E-state index in [9.17, 15) is 9.90 Å². The van der Waals surface area contributed by atoms with Crippen LogP contribution < -0.4 is 10.6 Å². The van der Waals surface area contributed by atoms with Crippen molar-refractivity contribution in [1.29, 1.82) is 0 Å². The van der Waals surface area contributed by atoms with Gasteiger partial charge in [-0.2, -0.15) is 0 Å². The van der Waals surface area contributed by atoms with Crippen molar-refractivity contribution < 1.29 is 9.90 Å². The number of aliphatic hydroxyl groups is 1. The Balaban J connectivity index is 1.76. The molecule has 20 heavy (non-hydrogen) atoms. The topological polar surface area (TPSA) is 61.4 Å². The lowest BCUT2D eigenvalue weighted by molar-refractivity contribution is 0.116. The molecule has 1 aliphatic rings. The van der Waals surface area contributed by atoms with Crippen molar-refractivity contribution in [3.63, 3.8) is 0 Å². The van der Waals surface area contributed by atoms with Crippen molar-refractivity contribution in [3.05, 3.63) is 35.4 Å². The number of hydrogen-bond acceptors (Lipinski definition) is 2. The van der Waals surface area contributed by atoms with Crippen LogP contribution in [0, 0.1) is 5.92 Å². The first-order chi connectivity index (χ1) is 9.58. The van der Waals surface area contributed by atoms with E-state index in [0.717, 1.165) is 12.8 Å². The van der Waals surface area contributed by atoms with Crippen molar-refractivity contribution in [3.8, 4) is 0 Å². The number of fused-ring (bicyclic) bond motifs is 1. The highest BCUT2D eigenvalue weighted by Crippen LogP contribution is 2.30. The fourth-order valence-corrected chi connectivity index (χ4v) is 2.58. The fourth-order valence-electron chi connectivity index (χ4n) is 2.58. The number of carbonyl (C=O) groups is 1. The molecular weight excluding hydrogens is 252 g/mol. The molecule has 0 aliphatic heterocycles. The molecule has 1 aliphatic carbocycles. The molecule has 4 nitrogen and oxygen atoms in total. The second kappa shape index (κ2) is 6.75. The zero-order valence-electron chi connectivity index (χ0n) is 12.2. The largest absolute Gasteiger partial charge is 0.393 e. The molecule has 0 heterocycles. The van der Waals surface area contributed by atoms with Gasteiger partial charge in [-0.3, -0.25) is 0 Å². The van der Waals surface area contributed by atoms with Gasteiger partial charge in [-0.1, -0.05) is 38.1 Å². The summed E-state index contributed by atoms with van der Waals surface area (Å²) in [4.78, 5) is 11.9. The monoisotopic (exact) mass is 276 g/mol. The summed E-state index contributed by atoms with van der Waals surface area (Å²) in [6.07, 6.45) is 2.21. The van der Waals surface area contributed by atoms with Crippen LogP contribution >= 0.6 is 0 Å². The molecule has 4 heteroatoms. The van der Waals surface area contributed by atoms with Gasteiger partial charge in [0.1, 0.15) is 0 Å². The smallest absolute Gasteiger partial charge is 0.315 e. The minimum absolute atomic E-state index is 0.112. The van der Waals surface area contributed by atoms with E-state index in [1.54, 1.807) is 0 Å². The van der Waals surface area contributed by atoms with Gasteiger partial charge in [0, 0.05) is 6.54 Å². The van der Waals surface area contributed by atoms with E-state index >= 15 is 0 Å². The van der Waals surface area contributed by atoms with Gasteiger partial charge in [-0.25, -0.2) is 4.79 Å². The van der Waals surface area contributed by atoms with Crippen LogP contribution in [0.5, 0.6) is 0 Å². The van der Waals surface area contributed by atoms with Gasteiger partial charge in [0.25, 0.3) is 0 Å². The molecule has 0 bridgehead atoms. The number of nitrogens with one attached hydrogen (secondary N) is 2. The first kappa shape index (κ1) is 14.9. The Labute approximate surface area is 120 Å². The molecule has 2 rings (SSSR count). The minimum atomic E-state index is -0.359. The van der Waals surface area contributed by atoms with Crippen molar-refractivity contribution >= 4 is 6.03 Å². The molecular formula is C16H24N2O2. The average Bonchev–Trinajstić information content (AvgIpc) is 2.82. The molecule has 0 saturated heterocycles. The molecule has 1 aromatic rings. The number of hydrogen-bond donors (Lipinski definition) is 3. The molecule has 0 saturated carbocycles. The van der Waals surface area contributed by atoms with Crippen molar-refractivity contribution in [2.45, 2.75) is 45.3 Å². The van der Waals surface area contributed by atoms with Gasteiger partial charge in [-0.15, -0.1) is 0 Å². The zero-order chi connectivity index (χ0) is 14.5. The van der Waals surface area contributed by atoms with Crippen LogP contribution in [0.4, 0.5) is 4.79 Å². The summed E-state index contributed by atoms with van der Waals surface area (Å²) in [5.74, 6) is 0.224. The summed E-state index contributed by atoms with van der Waals surface area (Å²) in [5.41, 5.74) is 2.55. The number of aryl methyl sites for hydroxylation is 1.